The third-order valence-corrected chi connectivity index (χ3v) is 12.6. The normalized spacial score (nSPS) is 10.1. The monoisotopic (exact) mass is 1160 g/mol. The maximum absolute atomic E-state index is 6.92. The van der Waals surface area contributed by atoms with E-state index < -0.39 is 0 Å². The van der Waals surface area contributed by atoms with Gasteiger partial charge in [0.15, 0.2) is 0 Å². The van der Waals surface area contributed by atoms with E-state index in [4.69, 9.17) is 6.53 Å². The molecule has 10 nitrogen and oxygen atoms in total. The largest absolute Gasteiger partial charge is 0.384 e. The molecule has 0 saturated carbocycles. The predicted molar refractivity (Wildman–Crippen MR) is 367 cm³/mol. The quantitative estimate of drug-likeness (QED) is 0.0582. The standard InChI is InChI=1S/C9H10.C8H9N.2C8H7N.C8H9N.2C8H10.C5H8N2.2C4H6N2.HPS.H2S/c1-3-9-7-5-4-6-8(9)2;3*1-2-4-8-7(3-1)5-6-9-8;1-7-3-2-4-8(5-7)6-9;2*1-7-5-3-4-6-8(7)2;1-5-3-6-4-7(5)2;2*1-4-2-5-3-6-4;1-2;/h3-7H,1H2,2H3;1-4,9H,5-6H2;1-4,6H,5H2;1-6,9H;2-6,9H,1H3;2*3-6H,1-2H3;3-4H,1-2H3;2*2-3H,1H3,(H,5,6);1H;1H2/p+1/i/hD. The highest BCUT2D eigenvalue weighted by Crippen LogP contribution is 2.22. The van der Waals surface area contributed by atoms with Crippen LogP contribution in [0.15, 0.2) is 231 Å². The van der Waals surface area contributed by atoms with Crippen molar-refractivity contribution >= 4 is 74.0 Å². The molecule has 2 aliphatic heterocycles. The van der Waals surface area contributed by atoms with Gasteiger partial charge in [-0.15, -0.1) is 0 Å². The molecule has 0 saturated heterocycles. The fraction of sp³-hybridized carbons (Fsp3) is 0.186. The summed E-state index contributed by atoms with van der Waals surface area (Å²) < 4.78 is 7.47. The topological polar surface area (TPSA) is 141 Å². The fourth-order valence-corrected chi connectivity index (χ4v) is 7.31. The molecule has 6 N–H and O–H groups in total. The summed E-state index contributed by atoms with van der Waals surface area (Å²) in [4.78, 5) is 23.6. The molecule has 6 heterocycles. The molecule has 0 atom stereocenters. The Hall–Kier alpha value is -8.54. The highest BCUT2D eigenvalue weighted by molar-refractivity contribution is 7.88. The first-order chi connectivity index (χ1) is 40.8. The number of aliphatic imine (C=N–C) groups is 1. The second-order valence-electron chi connectivity index (χ2n) is 19.0. The minimum atomic E-state index is 0.968. The summed E-state index contributed by atoms with van der Waals surface area (Å²) in [5, 5.41) is 11.5. The predicted octanol–water partition coefficient (Wildman–Crippen LogP) is 17.3. The first-order valence-corrected chi connectivity index (χ1v) is 28.7. The van der Waals surface area contributed by atoms with E-state index in [-0.39, 0.29) is 0 Å². The molecule has 2 aliphatic rings. The number of hydrogen-bond donors (Lipinski definition) is 6. The van der Waals surface area contributed by atoms with E-state index in [1.165, 1.54) is 85.0 Å². The fourth-order valence-electron chi connectivity index (χ4n) is 7.31. The third-order valence-electron chi connectivity index (χ3n) is 12.6. The van der Waals surface area contributed by atoms with Crippen molar-refractivity contribution in [1.29, 1.82) is 6.53 Å². The Morgan fingerprint density at radius 2 is 1.14 bits per heavy atom. The number of fused-ring (bicyclic) bond motifs is 3. The van der Waals surface area contributed by atoms with Crippen molar-refractivity contribution in [2.75, 3.05) is 11.9 Å². The Morgan fingerprint density at radius 1 is 0.614 bits per heavy atom. The van der Waals surface area contributed by atoms with Gasteiger partial charge in [0.05, 0.1) is 26.5 Å². The van der Waals surface area contributed by atoms with Crippen LogP contribution in [0.5, 0.6) is 0 Å². The van der Waals surface area contributed by atoms with Crippen molar-refractivity contribution in [3.05, 3.63) is 299 Å². The van der Waals surface area contributed by atoms with E-state index in [1.807, 2.05) is 130 Å². The van der Waals surface area contributed by atoms with Gasteiger partial charge in [0.25, 0.3) is 0 Å². The van der Waals surface area contributed by atoms with E-state index in [2.05, 4.69) is 231 Å². The van der Waals surface area contributed by atoms with E-state index in [0.717, 1.165) is 35.6 Å². The van der Waals surface area contributed by atoms with Gasteiger partial charge in [0, 0.05) is 73.5 Å². The number of para-hydroxylation sites is 3. The second kappa shape index (κ2) is 42.3. The third kappa shape index (κ3) is 29.1. The zero-order valence-electron chi connectivity index (χ0n) is 51.0. The molecule has 0 spiro atoms. The minimum absolute atomic E-state index is 0.968. The Balaban J connectivity index is 0.000000317. The van der Waals surface area contributed by atoms with Crippen LogP contribution in [0.3, 0.4) is 0 Å². The number of aromatic amines is 4. The molecular formula is C70H86N10PS2+. The zero-order chi connectivity index (χ0) is 61.7. The first kappa shape index (κ1) is 68.7. The number of H-pyrrole nitrogens is 4. The van der Waals surface area contributed by atoms with Crippen LogP contribution in [0.2, 0.25) is 0 Å². The average Bonchev–Trinajstić information content (AvgIpc) is 4.45. The molecule has 0 fully saturated rings. The molecule has 0 amide bonds. The lowest BCUT2D eigenvalue weighted by Gasteiger charge is -1.95. The lowest BCUT2D eigenvalue weighted by Crippen LogP contribution is -2.27. The molecule has 13 heteroatoms. The number of hydrogen-bond acceptors (Lipinski definition) is 6. The van der Waals surface area contributed by atoms with Crippen molar-refractivity contribution in [2.45, 2.75) is 75.2 Å². The Labute approximate surface area is 510 Å². The molecule has 0 aliphatic carbocycles. The van der Waals surface area contributed by atoms with E-state index >= 15 is 0 Å². The molecule has 83 heavy (non-hydrogen) atoms. The zero-order valence-corrected chi connectivity index (χ0v) is 52.7. The van der Waals surface area contributed by atoms with Crippen molar-refractivity contribution in [1.82, 2.24) is 29.9 Å². The van der Waals surface area contributed by atoms with Crippen molar-refractivity contribution < 1.29 is 4.57 Å². The van der Waals surface area contributed by atoms with Crippen LogP contribution in [0.1, 0.15) is 72.7 Å². The lowest BCUT2D eigenvalue weighted by molar-refractivity contribution is -0.676. The Kier molecular flexibility index (Phi) is 35.0. The molecular weight excluding hydrogens is 1080 g/mol. The lowest BCUT2D eigenvalue weighted by atomic mass is 10.1. The van der Waals surface area contributed by atoms with Crippen LogP contribution >= 0.6 is 21.4 Å². The van der Waals surface area contributed by atoms with Crippen molar-refractivity contribution in [3.63, 3.8) is 0 Å². The number of imidazole rings is 3. The van der Waals surface area contributed by atoms with E-state index in [0.29, 0.717) is 0 Å². The number of aromatic nitrogens is 7. The molecule has 13 rings (SSSR count). The summed E-state index contributed by atoms with van der Waals surface area (Å²) in [6, 6.07) is 59.7. The number of anilines is 1. The Bertz CT molecular complexity index is 3300. The summed E-state index contributed by atoms with van der Waals surface area (Å²) in [6.07, 6.45) is 20.1. The summed E-state index contributed by atoms with van der Waals surface area (Å²) in [7, 11) is 4.56. The van der Waals surface area contributed by atoms with Crippen LogP contribution in [0.4, 0.5) is 11.4 Å². The van der Waals surface area contributed by atoms with Crippen LogP contribution in [0, 0.1) is 67.7 Å². The van der Waals surface area contributed by atoms with Gasteiger partial charge in [-0.05, 0) is 150 Å². The smallest absolute Gasteiger partial charge is 0.241 e. The number of benzene rings is 7. The van der Waals surface area contributed by atoms with Gasteiger partial charge in [-0.25, -0.2) is 19.5 Å². The summed E-state index contributed by atoms with van der Waals surface area (Å²) in [5.41, 5.74) is 20.1. The van der Waals surface area contributed by atoms with Gasteiger partial charge < -0.3 is 25.7 Å². The summed E-state index contributed by atoms with van der Waals surface area (Å²) >= 11 is 6.67. The SMILES string of the molecule is C1=Nc2ccccc2C1.C=Cc1ccccc1C.Cc1c[nH]c[n+]1C.Cc1cccc(C=N)c1.Cc1ccccc1C.Cc1ccccc1C.Cc1cnc[nH]1.Cc1cnc[nH]1.P=S.[2H]S.c1ccc2[nH]ccc2c1.c1ccc2c(c1)CCN2. The van der Waals surface area contributed by atoms with Gasteiger partial charge >= 0.3 is 0 Å². The van der Waals surface area contributed by atoms with Gasteiger partial charge in [0.1, 0.15) is 11.9 Å². The van der Waals surface area contributed by atoms with Gasteiger partial charge in [-0.3, -0.25) is 4.99 Å². The molecule has 0 radical (unpaired) electrons. The summed E-state index contributed by atoms with van der Waals surface area (Å²) in [6.45, 7) is 23.4. The van der Waals surface area contributed by atoms with Crippen LogP contribution in [-0.4, -0.2) is 50.0 Å². The number of nitrogens with zero attached hydrogens (tertiary/aromatic N) is 4. The molecule has 0 bridgehead atoms. The summed E-state index contributed by atoms with van der Waals surface area (Å²) in [5.74, 6) is 0. The van der Waals surface area contributed by atoms with Crippen LogP contribution < -0.4 is 9.88 Å². The maximum Gasteiger partial charge on any atom is 0.241 e. The van der Waals surface area contributed by atoms with E-state index in [9.17, 15) is 0 Å². The number of nitrogens with one attached hydrogen (secondary N) is 6. The second-order valence-corrected chi connectivity index (χ2v) is 19.0. The Morgan fingerprint density at radius 3 is 1.55 bits per heavy atom. The maximum atomic E-state index is 6.92. The first-order valence-electron chi connectivity index (χ1n) is 27.6. The van der Waals surface area contributed by atoms with Crippen molar-refractivity contribution in [2.24, 2.45) is 12.0 Å². The minimum Gasteiger partial charge on any atom is -0.384 e. The number of aryl methyl sites for hydroxylation is 10. The molecule has 432 valence electrons. The van der Waals surface area contributed by atoms with Gasteiger partial charge in [0.2, 0.25) is 6.33 Å². The molecule has 7 aromatic carbocycles. The highest BCUT2D eigenvalue weighted by Gasteiger charge is 2.06. The van der Waals surface area contributed by atoms with Gasteiger partial charge in [-0.1, -0.05) is 182 Å². The molecule has 4 aromatic heterocycles. The van der Waals surface area contributed by atoms with Gasteiger partial charge in [-0.2, -0.15) is 13.4 Å². The van der Waals surface area contributed by atoms with E-state index in [1.54, 1.807) is 25.0 Å². The van der Waals surface area contributed by atoms with Crippen LogP contribution in [0.25, 0.3) is 17.0 Å². The van der Waals surface area contributed by atoms with Crippen LogP contribution in [-0.2, 0) is 31.7 Å². The highest BCUT2D eigenvalue weighted by atomic mass is 32.4. The molecule has 11 aromatic rings. The van der Waals surface area contributed by atoms with Crippen molar-refractivity contribution in [3.8, 4) is 0 Å². The number of rotatable bonds is 2. The average molecular weight is 1160 g/mol. The molecule has 0 unspecified atom stereocenters.